The van der Waals surface area contributed by atoms with E-state index in [1.807, 2.05) is 30.9 Å². The lowest BCUT2D eigenvalue weighted by Crippen LogP contribution is -2.04. The Kier molecular flexibility index (Phi) is 3.47. The van der Waals surface area contributed by atoms with Gasteiger partial charge < -0.3 is 5.32 Å². The van der Waals surface area contributed by atoms with E-state index in [2.05, 4.69) is 38.3 Å². The van der Waals surface area contributed by atoms with Crippen molar-refractivity contribution >= 4 is 21.7 Å². The fourth-order valence-electron chi connectivity index (χ4n) is 1.62. The number of aryl methyl sites for hydroxylation is 2. The molecule has 1 N–H and O–H groups in total. The maximum absolute atomic E-state index is 4.34. The standard InChI is InChI=1S/C12H15BrN4/c1-8-4-11(13)7-15-12(8)14-5-10-6-16-17(3)9(10)2/h4,6-7H,5H2,1-3H3,(H,14,15). The lowest BCUT2D eigenvalue weighted by molar-refractivity contribution is 0.738. The molecule has 2 heterocycles. The lowest BCUT2D eigenvalue weighted by atomic mass is 10.2. The van der Waals surface area contributed by atoms with Crippen LogP contribution in [0.4, 0.5) is 5.82 Å². The van der Waals surface area contributed by atoms with Crippen LogP contribution >= 0.6 is 15.9 Å². The van der Waals surface area contributed by atoms with Gasteiger partial charge in [-0.15, -0.1) is 0 Å². The summed E-state index contributed by atoms with van der Waals surface area (Å²) >= 11 is 3.40. The molecule has 0 fully saturated rings. The summed E-state index contributed by atoms with van der Waals surface area (Å²) in [6.07, 6.45) is 3.68. The fourth-order valence-corrected chi connectivity index (χ4v) is 2.07. The van der Waals surface area contributed by atoms with Crippen molar-refractivity contribution in [2.24, 2.45) is 7.05 Å². The summed E-state index contributed by atoms with van der Waals surface area (Å²) < 4.78 is 2.87. The summed E-state index contributed by atoms with van der Waals surface area (Å²) in [6.45, 7) is 4.84. The van der Waals surface area contributed by atoms with E-state index in [9.17, 15) is 0 Å². The fraction of sp³-hybridized carbons (Fsp3) is 0.333. The number of nitrogens with one attached hydrogen (secondary N) is 1. The topological polar surface area (TPSA) is 42.7 Å². The molecule has 4 nitrogen and oxygen atoms in total. The Labute approximate surface area is 109 Å². The minimum absolute atomic E-state index is 0.745. The molecule has 2 aromatic rings. The number of halogens is 1. The molecule has 17 heavy (non-hydrogen) atoms. The quantitative estimate of drug-likeness (QED) is 0.947. The minimum Gasteiger partial charge on any atom is -0.366 e. The van der Waals surface area contributed by atoms with Crippen LogP contribution < -0.4 is 5.32 Å². The lowest BCUT2D eigenvalue weighted by Gasteiger charge is -2.08. The zero-order chi connectivity index (χ0) is 12.4. The van der Waals surface area contributed by atoms with Crippen molar-refractivity contribution < 1.29 is 0 Å². The number of pyridine rings is 1. The van der Waals surface area contributed by atoms with E-state index in [1.165, 1.54) is 11.3 Å². The molecule has 2 rings (SSSR count). The van der Waals surface area contributed by atoms with E-state index >= 15 is 0 Å². The van der Waals surface area contributed by atoms with Gasteiger partial charge in [-0.1, -0.05) is 0 Å². The third-order valence-electron chi connectivity index (χ3n) is 2.83. The van der Waals surface area contributed by atoms with Crippen molar-refractivity contribution in [2.75, 3.05) is 5.32 Å². The van der Waals surface area contributed by atoms with Crippen LogP contribution in [0.25, 0.3) is 0 Å². The van der Waals surface area contributed by atoms with Crippen molar-refractivity contribution in [1.82, 2.24) is 14.8 Å². The van der Waals surface area contributed by atoms with Crippen LogP contribution in [-0.4, -0.2) is 14.8 Å². The molecule has 0 spiro atoms. The molecule has 0 amide bonds. The zero-order valence-corrected chi connectivity index (χ0v) is 11.7. The summed E-state index contributed by atoms with van der Waals surface area (Å²) in [6, 6.07) is 2.05. The van der Waals surface area contributed by atoms with Gasteiger partial charge in [-0.2, -0.15) is 5.10 Å². The molecule has 0 aromatic carbocycles. The second-order valence-electron chi connectivity index (χ2n) is 4.05. The normalized spacial score (nSPS) is 10.6. The van der Waals surface area contributed by atoms with Gasteiger partial charge in [0.2, 0.25) is 0 Å². The van der Waals surface area contributed by atoms with Crippen molar-refractivity contribution in [3.8, 4) is 0 Å². The van der Waals surface area contributed by atoms with E-state index in [4.69, 9.17) is 0 Å². The minimum atomic E-state index is 0.745. The molecule has 5 heteroatoms. The van der Waals surface area contributed by atoms with Crippen LogP contribution in [0.15, 0.2) is 22.9 Å². The Morgan fingerprint density at radius 2 is 2.12 bits per heavy atom. The highest BCUT2D eigenvalue weighted by Crippen LogP contribution is 2.17. The maximum Gasteiger partial charge on any atom is 0.129 e. The van der Waals surface area contributed by atoms with E-state index < -0.39 is 0 Å². The van der Waals surface area contributed by atoms with Gasteiger partial charge in [0, 0.05) is 35.5 Å². The number of rotatable bonds is 3. The highest BCUT2D eigenvalue weighted by Gasteiger charge is 2.05. The van der Waals surface area contributed by atoms with E-state index in [1.54, 1.807) is 6.20 Å². The Morgan fingerprint density at radius 1 is 1.35 bits per heavy atom. The summed E-state index contributed by atoms with van der Waals surface area (Å²) in [4.78, 5) is 4.34. The van der Waals surface area contributed by atoms with Crippen molar-refractivity contribution in [2.45, 2.75) is 20.4 Å². The summed E-state index contributed by atoms with van der Waals surface area (Å²) in [7, 11) is 1.95. The first kappa shape index (κ1) is 12.1. The van der Waals surface area contributed by atoms with Crippen molar-refractivity contribution in [3.05, 3.63) is 39.8 Å². The molecule has 0 atom stereocenters. The van der Waals surface area contributed by atoms with Crippen molar-refractivity contribution in [3.63, 3.8) is 0 Å². The Bertz CT molecular complexity index is 533. The molecule has 0 saturated carbocycles. The first-order valence-corrected chi connectivity index (χ1v) is 6.20. The second kappa shape index (κ2) is 4.87. The van der Waals surface area contributed by atoms with E-state index in [-0.39, 0.29) is 0 Å². The van der Waals surface area contributed by atoms with Crippen LogP contribution in [0.1, 0.15) is 16.8 Å². The predicted molar refractivity (Wildman–Crippen MR) is 71.9 cm³/mol. The monoisotopic (exact) mass is 294 g/mol. The summed E-state index contributed by atoms with van der Waals surface area (Å²) in [5, 5.41) is 7.54. The molecule has 0 saturated heterocycles. The molecule has 0 aliphatic heterocycles. The Morgan fingerprint density at radius 3 is 2.71 bits per heavy atom. The van der Waals surface area contributed by atoms with Gasteiger partial charge in [0.25, 0.3) is 0 Å². The molecule has 2 aromatic heterocycles. The van der Waals surface area contributed by atoms with E-state index in [0.717, 1.165) is 22.4 Å². The van der Waals surface area contributed by atoms with Gasteiger partial charge in [-0.3, -0.25) is 4.68 Å². The molecule has 90 valence electrons. The highest BCUT2D eigenvalue weighted by atomic mass is 79.9. The third-order valence-corrected chi connectivity index (χ3v) is 3.26. The van der Waals surface area contributed by atoms with Crippen LogP contribution in [0.2, 0.25) is 0 Å². The number of hydrogen-bond donors (Lipinski definition) is 1. The molecular formula is C12H15BrN4. The molecule has 0 aliphatic carbocycles. The molecule has 0 radical (unpaired) electrons. The summed E-state index contributed by atoms with van der Waals surface area (Å²) in [5.41, 5.74) is 3.49. The van der Waals surface area contributed by atoms with Gasteiger partial charge in [0.1, 0.15) is 5.82 Å². The molecular weight excluding hydrogens is 280 g/mol. The highest BCUT2D eigenvalue weighted by molar-refractivity contribution is 9.10. The van der Waals surface area contributed by atoms with Crippen molar-refractivity contribution in [1.29, 1.82) is 0 Å². The first-order valence-electron chi connectivity index (χ1n) is 5.41. The zero-order valence-electron chi connectivity index (χ0n) is 10.2. The number of aromatic nitrogens is 3. The maximum atomic E-state index is 4.34. The number of hydrogen-bond acceptors (Lipinski definition) is 3. The first-order chi connectivity index (χ1) is 8.08. The molecule has 0 aliphatic rings. The number of anilines is 1. The molecule has 0 unspecified atom stereocenters. The summed E-state index contributed by atoms with van der Waals surface area (Å²) in [5.74, 6) is 0.913. The Hall–Kier alpha value is -1.36. The van der Waals surface area contributed by atoms with Gasteiger partial charge in [0.05, 0.1) is 6.20 Å². The predicted octanol–water partition coefficient (Wildman–Crippen LogP) is 2.81. The van der Waals surface area contributed by atoms with Crippen LogP contribution in [0.3, 0.4) is 0 Å². The largest absolute Gasteiger partial charge is 0.366 e. The smallest absolute Gasteiger partial charge is 0.129 e. The average molecular weight is 295 g/mol. The SMILES string of the molecule is Cc1cc(Br)cnc1NCc1cnn(C)c1C. The van der Waals surface area contributed by atoms with Crippen LogP contribution in [0, 0.1) is 13.8 Å². The van der Waals surface area contributed by atoms with E-state index in [0.29, 0.717) is 0 Å². The Balaban J connectivity index is 2.10. The van der Waals surface area contributed by atoms with Crippen LogP contribution in [-0.2, 0) is 13.6 Å². The van der Waals surface area contributed by atoms with Gasteiger partial charge >= 0.3 is 0 Å². The van der Waals surface area contributed by atoms with Gasteiger partial charge in [-0.25, -0.2) is 4.98 Å². The third kappa shape index (κ3) is 2.66. The van der Waals surface area contributed by atoms with Gasteiger partial charge in [-0.05, 0) is 41.4 Å². The van der Waals surface area contributed by atoms with Crippen LogP contribution in [0.5, 0.6) is 0 Å². The number of nitrogens with zero attached hydrogens (tertiary/aromatic N) is 3. The molecule has 0 bridgehead atoms. The van der Waals surface area contributed by atoms with Gasteiger partial charge in [0.15, 0.2) is 0 Å². The second-order valence-corrected chi connectivity index (χ2v) is 4.97. The average Bonchev–Trinajstić information content (AvgIpc) is 2.59.